The quantitative estimate of drug-likeness (QED) is 0.804. The summed E-state index contributed by atoms with van der Waals surface area (Å²) in [7, 11) is 0. The van der Waals surface area contributed by atoms with Crippen LogP contribution in [0.25, 0.3) is 0 Å². The first-order chi connectivity index (χ1) is 14.2. The Hall–Kier alpha value is -3.00. The van der Waals surface area contributed by atoms with Gasteiger partial charge in [-0.05, 0) is 43.0 Å². The molecule has 29 heavy (non-hydrogen) atoms. The minimum atomic E-state index is -0.266. The normalized spacial score (nSPS) is 22.5. The van der Waals surface area contributed by atoms with Gasteiger partial charge in [-0.25, -0.2) is 14.8 Å². The van der Waals surface area contributed by atoms with E-state index in [1.807, 2.05) is 12.1 Å². The lowest BCUT2D eigenvalue weighted by Gasteiger charge is -2.35. The number of ketones is 1. The highest BCUT2D eigenvalue weighted by Gasteiger charge is 2.40. The predicted octanol–water partition coefficient (Wildman–Crippen LogP) is 2.72. The third-order valence-electron chi connectivity index (χ3n) is 5.85. The van der Waals surface area contributed by atoms with Crippen LogP contribution in [0.1, 0.15) is 29.8 Å². The monoisotopic (exact) mass is 393 g/mol. The molecular formula is C21H23N5O3. The number of nitrogens with zero attached hydrogens (tertiary/aromatic N) is 4. The summed E-state index contributed by atoms with van der Waals surface area (Å²) in [5.74, 6) is 1.30. The zero-order chi connectivity index (χ0) is 19.8. The smallest absolute Gasteiger partial charge is 0.329 e. The molecule has 8 heteroatoms. The van der Waals surface area contributed by atoms with E-state index in [1.54, 1.807) is 29.3 Å². The second-order valence-corrected chi connectivity index (χ2v) is 7.80. The van der Waals surface area contributed by atoms with E-state index >= 15 is 0 Å². The maximum absolute atomic E-state index is 13.1. The molecule has 2 atom stereocenters. The number of nitrogens with one attached hydrogen (secondary N) is 1. The van der Waals surface area contributed by atoms with Gasteiger partial charge in [-0.1, -0.05) is 6.07 Å². The first-order valence-corrected chi connectivity index (χ1v) is 10.1. The van der Waals surface area contributed by atoms with Gasteiger partial charge < -0.3 is 9.64 Å². The van der Waals surface area contributed by atoms with Crippen molar-refractivity contribution in [2.45, 2.75) is 25.3 Å². The van der Waals surface area contributed by atoms with Crippen molar-refractivity contribution in [2.24, 2.45) is 5.92 Å². The van der Waals surface area contributed by atoms with Crippen LogP contribution in [0.5, 0.6) is 0 Å². The maximum Gasteiger partial charge on any atom is 0.329 e. The number of hydrogen-bond acceptors (Lipinski definition) is 6. The van der Waals surface area contributed by atoms with E-state index in [4.69, 9.17) is 4.74 Å². The van der Waals surface area contributed by atoms with Gasteiger partial charge in [-0.3, -0.25) is 15.0 Å². The average Bonchev–Trinajstić information content (AvgIpc) is 3.39. The van der Waals surface area contributed by atoms with Crippen LogP contribution in [-0.4, -0.2) is 54.1 Å². The molecule has 8 nitrogen and oxygen atoms in total. The Morgan fingerprint density at radius 2 is 2.14 bits per heavy atom. The fraction of sp³-hybridized carbons (Fsp3) is 0.429. The number of hydrogen-bond donors (Lipinski definition) is 1. The molecule has 0 saturated carbocycles. The minimum Gasteiger partial charge on any atom is -0.381 e. The van der Waals surface area contributed by atoms with Crippen molar-refractivity contribution in [1.82, 2.24) is 9.97 Å². The number of carbonyl (C=O) groups excluding carboxylic acids is 2. The van der Waals surface area contributed by atoms with Crippen molar-refractivity contribution in [3.63, 3.8) is 0 Å². The van der Waals surface area contributed by atoms with Crippen LogP contribution in [0, 0.1) is 5.92 Å². The number of pyridine rings is 2. The standard InChI is InChI=1S/C21H23N5O3/c27-18(11-14-7-10-29-13-14)16-4-5-17-20(23-16)26(15-6-9-25(17)12-15)21(28)24-19-3-1-2-8-22-19/h1-5,8,14-15H,6-7,9-13H2,(H,22,24,28)/t14?,15-/m0/s1. The van der Waals surface area contributed by atoms with E-state index in [0.717, 1.165) is 31.6 Å². The lowest BCUT2D eigenvalue weighted by atomic mass is 10.00. The number of aromatic nitrogens is 2. The Kier molecular flexibility index (Phi) is 4.63. The minimum absolute atomic E-state index is 0.00121. The van der Waals surface area contributed by atoms with Crippen LogP contribution in [0.3, 0.4) is 0 Å². The second-order valence-electron chi connectivity index (χ2n) is 7.80. The average molecular weight is 393 g/mol. The zero-order valence-corrected chi connectivity index (χ0v) is 16.1. The number of amides is 2. The lowest BCUT2D eigenvalue weighted by molar-refractivity contribution is 0.0948. The highest BCUT2D eigenvalue weighted by molar-refractivity contribution is 6.05. The van der Waals surface area contributed by atoms with Gasteiger partial charge in [0, 0.05) is 38.9 Å². The molecule has 2 fully saturated rings. The summed E-state index contributed by atoms with van der Waals surface area (Å²) in [4.78, 5) is 38.6. The van der Waals surface area contributed by atoms with E-state index in [1.165, 1.54) is 0 Å². The van der Waals surface area contributed by atoms with E-state index in [-0.39, 0.29) is 23.8 Å². The summed E-state index contributed by atoms with van der Waals surface area (Å²) in [5, 5.41) is 2.86. The molecule has 2 amide bonds. The summed E-state index contributed by atoms with van der Waals surface area (Å²) in [6.07, 6.45) is 3.84. The molecule has 3 aliphatic rings. The molecule has 0 radical (unpaired) electrons. The molecular weight excluding hydrogens is 370 g/mol. The molecule has 0 aromatic carbocycles. The molecule has 5 heterocycles. The van der Waals surface area contributed by atoms with Crippen LogP contribution < -0.4 is 15.1 Å². The van der Waals surface area contributed by atoms with Crippen LogP contribution >= 0.6 is 0 Å². The molecule has 2 bridgehead atoms. The Balaban J connectivity index is 1.43. The van der Waals surface area contributed by atoms with Crippen molar-refractivity contribution in [1.29, 1.82) is 0 Å². The van der Waals surface area contributed by atoms with Crippen molar-refractivity contribution < 1.29 is 14.3 Å². The Bertz CT molecular complexity index is 929. The lowest BCUT2D eigenvalue weighted by Crippen LogP contribution is -2.48. The predicted molar refractivity (Wildman–Crippen MR) is 108 cm³/mol. The van der Waals surface area contributed by atoms with Gasteiger partial charge in [-0.15, -0.1) is 0 Å². The third kappa shape index (κ3) is 3.44. The van der Waals surface area contributed by atoms with Crippen LogP contribution in [0.15, 0.2) is 36.5 Å². The molecule has 150 valence electrons. The van der Waals surface area contributed by atoms with E-state index < -0.39 is 0 Å². The Labute approximate surface area is 168 Å². The molecule has 2 aromatic rings. The van der Waals surface area contributed by atoms with Crippen molar-refractivity contribution in [2.75, 3.05) is 41.4 Å². The fourth-order valence-corrected chi connectivity index (χ4v) is 4.34. The van der Waals surface area contributed by atoms with Gasteiger partial charge in [0.15, 0.2) is 11.6 Å². The summed E-state index contributed by atoms with van der Waals surface area (Å²) >= 11 is 0. The van der Waals surface area contributed by atoms with Crippen LogP contribution in [0.2, 0.25) is 0 Å². The molecule has 5 rings (SSSR count). The SMILES string of the molecule is O=C(CC1CCOC1)c1ccc2c(n1)N(C(=O)Nc1ccccn1)[C@H]1CCN2C1. The third-order valence-corrected chi connectivity index (χ3v) is 5.85. The number of anilines is 3. The number of Topliss-reactive ketones (excluding diaryl/α,β-unsaturated/α-hetero) is 1. The maximum atomic E-state index is 13.1. The van der Waals surface area contributed by atoms with Crippen molar-refractivity contribution in [3.8, 4) is 0 Å². The van der Waals surface area contributed by atoms with Crippen LogP contribution in [0.4, 0.5) is 22.1 Å². The summed E-state index contributed by atoms with van der Waals surface area (Å²) in [6, 6.07) is 8.85. The van der Waals surface area contributed by atoms with Crippen LogP contribution in [-0.2, 0) is 4.74 Å². The zero-order valence-electron chi connectivity index (χ0n) is 16.1. The number of urea groups is 1. The topological polar surface area (TPSA) is 87.7 Å². The van der Waals surface area contributed by atoms with Gasteiger partial charge >= 0.3 is 6.03 Å². The van der Waals surface area contributed by atoms with Gasteiger partial charge in [0.25, 0.3) is 0 Å². The van der Waals surface area contributed by atoms with Crippen molar-refractivity contribution in [3.05, 3.63) is 42.2 Å². The number of ether oxygens (including phenoxy) is 1. The first kappa shape index (κ1) is 18.1. The summed E-state index contributed by atoms with van der Waals surface area (Å²) < 4.78 is 5.38. The van der Waals surface area contributed by atoms with Gasteiger partial charge in [0.1, 0.15) is 11.5 Å². The molecule has 1 N–H and O–H groups in total. The van der Waals surface area contributed by atoms with Gasteiger partial charge in [-0.2, -0.15) is 0 Å². The number of rotatable bonds is 4. The number of fused-ring (bicyclic) bond motifs is 4. The molecule has 3 aliphatic heterocycles. The largest absolute Gasteiger partial charge is 0.381 e. The van der Waals surface area contributed by atoms with Gasteiger partial charge in [0.2, 0.25) is 0 Å². The highest BCUT2D eigenvalue weighted by atomic mass is 16.5. The highest BCUT2D eigenvalue weighted by Crippen LogP contribution is 2.39. The van der Waals surface area contributed by atoms with Crippen molar-refractivity contribution >= 4 is 29.1 Å². The molecule has 0 aliphatic carbocycles. The number of carbonyl (C=O) groups is 2. The molecule has 0 spiro atoms. The Morgan fingerprint density at radius 3 is 2.93 bits per heavy atom. The van der Waals surface area contributed by atoms with E-state index in [0.29, 0.717) is 37.0 Å². The summed E-state index contributed by atoms with van der Waals surface area (Å²) in [5.41, 5.74) is 1.31. The van der Waals surface area contributed by atoms with Gasteiger partial charge in [0.05, 0.1) is 11.7 Å². The first-order valence-electron chi connectivity index (χ1n) is 10.1. The fourth-order valence-electron chi connectivity index (χ4n) is 4.34. The van der Waals surface area contributed by atoms with E-state index in [9.17, 15) is 9.59 Å². The molecule has 2 saturated heterocycles. The Morgan fingerprint density at radius 1 is 1.21 bits per heavy atom. The van der Waals surface area contributed by atoms with E-state index in [2.05, 4.69) is 20.2 Å². The summed E-state index contributed by atoms with van der Waals surface area (Å²) in [6.45, 7) is 3.00. The molecule has 2 aromatic heterocycles. The second kappa shape index (κ2) is 7.44. The molecule has 1 unspecified atom stereocenters.